The van der Waals surface area contributed by atoms with E-state index >= 15 is 0 Å². The van der Waals surface area contributed by atoms with Crippen LogP contribution in [0.1, 0.15) is 108 Å². The summed E-state index contributed by atoms with van der Waals surface area (Å²) in [6.45, 7) is 24.3. The summed E-state index contributed by atoms with van der Waals surface area (Å²) >= 11 is 0. The average molecular weight is 1090 g/mol. The maximum absolute atomic E-state index is 14.5. The van der Waals surface area contributed by atoms with Crippen LogP contribution in [-0.2, 0) is 20.0 Å². The van der Waals surface area contributed by atoms with Crippen molar-refractivity contribution in [2.75, 3.05) is 36.1 Å². The number of halogens is 2. The molecule has 6 aromatic rings. The number of nitrogens with one attached hydrogen (secondary N) is 2. The summed E-state index contributed by atoms with van der Waals surface area (Å²) < 4.78 is 96.6. The third-order valence-corrected chi connectivity index (χ3v) is 15.6. The smallest absolute Gasteiger partial charge is 0.281 e. The number of aryl methyl sites for hydroxylation is 1. The number of nitrogens with zero attached hydrogens (tertiary/aromatic N) is 5. The Morgan fingerprint density at radius 3 is 1.45 bits per heavy atom. The first-order chi connectivity index (χ1) is 36.1. The second kappa shape index (κ2) is 23.3. The van der Waals surface area contributed by atoms with Gasteiger partial charge in [-0.3, -0.25) is 9.59 Å². The summed E-state index contributed by atoms with van der Waals surface area (Å²) in [5.74, 6) is 0.142. The Morgan fingerprint density at radius 2 is 1.05 bits per heavy atom. The molecule has 2 amide bonds. The van der Waals surface area contributed by atoms with Crippen molar-refractivity contribution in [3.05, 3.63) is 138 Å². The number of aromatic nitrogens is 3. The molecule has 2 saturated heterocycles. The Kier molecular flexibility index (Phi) is 17.5. The Bertz CT molecular complexity index is 3360. The molecule has 0 unspecified atom stereocenters. The zero-order valence-corrected chi connectivity index (χ0v) is 47.2. The van der Waals surface area contributed by atoms with Gasteiger partial charge in [0.25, 0.3) is 31.9 Å². The molecule has 3 aromatic heterocycles. The van der Waals surface area contributed by atoms with Gasteiger partial charge in [0.1, 0.15) is 34.8 Å². The van der Waals surface area contributed by atoms with Gasteiger partial charge < -0.3 is 19.3 Å². The van der Waals surface area contributed by atoms with E-state index < -0.39 is 43.5 Å². The summed E-state index contributed by atoms with van der Waals surface area (Å²) in [6, 6.07) is 27.4. The molecule has 0 spiro atoms. The minimum absolute atomic E-state index is 0.0108. The highest BCUT2D eigenvalue weighted by atomic mass is 32.2. The Hall–Kier alpha value is -6.99. The van der Waals surface area contributed by atoms with Gasteiger partial charge >= 0.3 is 0 Å². The molecule has 0 radical (unpaired) electrons. The van der Waals surface area contributed by atoms with Gasteiger partial charge in [-0.2, -0.15) is 8.42 Å². The molecule has 0 aliphatic carbocycles. The molecule has 0 saturated carbocycles. The van der Waals surface area contributed by atoms with Crippen LogP contribution in [-0.4, -0.2) is 81.0 Å². The summed E-state index contributed by atoms with van der Waals surface area (Å²) in [4.78, 5) is 44.5. The minimum Gasteiger partial charge on any atom is -0.493 e. The second-order valence-electron chi connectivity index (χ2n) is 22.2. The lowest BCUT2D eigenvalue weighted by Gasteiger charge is -2.34. The molecule has 410 valence electrons. The van der Waals surface area contributed by atoms with Crippen LogP contribution in [0.25, 0.3) is 22.5 Å². The number of hydrogen-bond acceptors (Lipinski definition) is 13. The average Bonchev–Trinajstić information content (AvgIpc) is 3.82. The monoisotopic (exact) mass is 1090 g/mol. The highest BCUT2D eigenvalue weighted by Gasteiger charge is 2.41. The summed E-state index contributed by atoms with van der Waals surface area (Å²) in [7, 11) is -8.31. The molecule has 15 nitrogen and oxygen atoms in total. The van der Waals surface area contributed by atoms with Gasteiger partial charge in [0.15, 0.2) is 5.03 Å². The number of pyridine rings is 3. The van der Waals surface area contributed by atoms with Gasteiger partial charge in [0.2, 0.25) is 0 Å². The molecule has 0 bridgehead atoms. The number of anilines is 2. The van der Waals surface area contributed by atoms with Crippen LogP contribution in [0.5, 0.6) is 11.5 Å². The maximum Gasteiger partial charge on any atom is 0.281 e. The Labute approximate surface area is 452 Å². The van der Waals surface area contributed by atoms with Crippen LogP contribution >= 0.6 is 0 Å². The van der Waals surface area contributed by atoms with E-state index in [0.29, 0.717) is 89.5 Å². The van der Waals surface area contributed by atoms with E-state index in [1.807, 2.05) is 37.5 Å². The molecular formula is C58H69F2N7O8S2. The standard InChI is InChI=1S/C29H35FN4O4S.C29H34FN3O4S/c1-18(2)17-38-23-13-21(12-22(30)14-23)25-11-10-24(27(32-25)34-16-19(3)15-29(34,5)6)28(35)33-39(36,37)26-9-7-8-20(4)31-26;1-19(2)18-37-23-14-21(13-22(30)15-23)26-12-11-25(27(31-26)33-17-20(3)16-29(33,4)5)28(34)32-38(35,36)24-9-7-6-8-10-24/h7-14,18-19H,15-17H2,1-6H3,(H,33,35);6-15,19-20H,16-18H2,1-5H3,(H,32,34)/t19-;20-/m00/s1. The zero-order chi connectivity index (χ0) is 56.2. The molecule has 2 aliphatic heterocycles. The normalized spacial score (nSPS) is 17.0. The number of rotatable bonds is 16. The van der Waals surface area contributed by atoms with Crippen molar-refractivity contribution < 1.29 is 44.7 Å². The molecule has 2 atom stereocenters. The van der Waals surface area contributed by atoms with Crippen molar-refractivity contribution in [1.29, 1.82) is 0 Å². The van der Waals surface area contributed by atoms with E-state index in [-0.39, 0.29) is 44.0 Å². The highest BCUT2D eigenvalue weighted by molar-refractivity contribution is 7.90. The van der Waals surface area contributed by atoms with E-state index in [1.165, 1.54) is 48.5 Å². The molecule has 8 rings (SSSR count). The first kappa shape index (κ1) is 57.7. The molecule has 2 aliphatic rings. The van der Waals surface area contributed by atoms with Gasteiger partial charge in [0.05, 0.1) is 40.6 Å². The topological polar surface area (TPSA) is 190 Å². The van der Waals surface area contributed by atoms with Crippen LogP contribution in [0.15, 0.2) is 119 Å². The first-order valence-corrected chi connectivity index (χ1v) is 28.7. The number of hydrogen-bond donors (Lipinski definition) is 2. The van der Waals surface area contributed by atoms with E-state index in [1.54, 1.807) is 67.6 Å². The second-order valence-corrected chi connectivity index (χ2v) is 25.5. The van der Waals surface area contributed by atoms with Crippen molar-refractivity contribution in [3.8, 4) is 34.0 Å². The first-order valence-electron chi connectivity index (χ1n) is 25.7. The van der Waals surface area contributed by atoms with Gasteiger partial charge in [-0.15, -0.1) is 0 Å². The third-order valence-electron chi connectivity index (χ3n) is 13.0. The number of carbonyl (C=O) groups excluding carboxylic acids is 2. The number of ether oxygens (including phenoxy) is 2. The Morgan fingerprint density at radius 1 is 0.610 bits per heavy atom. The SMILES string of the molecule is CC(C)COc1cc(F)cc(-c2ccc(C(=O)NS(=O)(=O)c3ccccc3)c(N3C[C@@H](C)CC3(C)C)n2)c1.Cc1cccc(S(=O)(=O)NC(=O)c2ccc(-c3cc(F)cc(OCC(C)C)c3)nc2N2C[C@@H](C)CC2(C)C)n1. The van der Waals surface area contributed by atoms with Gasteiger partial charge in [-0.1, -0.05) is 65.8 Å². The van der Waals surface area contributed by atoms with Crippen LogP contribution in [0, 0.1) is 42.2 Å². The highest BCUT2D eigenvalue weighted by Crippen LogP contribution is 2.41. The molecule has 5 heterocycles. The molecule has 19 heteroatoms. The maximum atomic E-state index is 14.5. The zero-order valence-electron chi connectivity index (χ0n) is 45.5. The fourth-order valence-corrected chi connectivity index (χ4v) is 11.7. The predicted octanol–water partition coefficient (Wildman–Crippen LogP) is 11.0. The van der Waals surface area contributed by atoms with Gasteiger partial charge in [0, 0.05) is 53.1 Å². The van der Waals surface area contributed by atoms with Crippen LogP contribution in [0.2, 0.25) is 0 Å². The largest absolute Gasteiger partial charge is 0.493 e. The lowest BCUT2D eigenvalue weighted by atomic mass is 9.97. The van der Waals surface area contributed by atoms with Crippen LogP contribution < -0.4 is 28.7 Å². The van der Waals surface area contributed by atoms with E-state index in [2.05, 4.69) is 56.0 Å². The van der Waals surface area contributed by atoms with Gasteiger partial charge in [-0.05, 0) is 144 Å². The lowest BCUT2D eigenvalue weighted by Crippen LogP contribution is -2.41. The molecule has 3 aromatic carbocycles. The van der Waals surface area contributed by atoms with Crippen molar-refractivity contribution >= 4 is 43.5 Å². The molecule has 2 N–H and O–H groups in total. The van der Waals surface area contributed by atoms with E-state index in [4.69, 9.17) is 19.4 Å². The molecule has 2 fully saturated rings. The van der Waals surface area contributed by atoms with Crippen molar-refractivity contribution in [3.63, 3.8) is 0 Å². The van der Waals surface area contributed by atoms with Crippen molar-refractivity contribution in [2.45, 2.75) is 110 Å². The van der Waals surface area contributed by atoms with E-state index in [0.717, 1.165) is 12.8 Å². The van der Waals surface area contributed by atoms with Crippen molar-refractivity contribution in [2.24, 2.45) is 23.7 Å². The fraction of sp³-hybridized carbons (Fsp3) is 0.397. The fourth-order valence-electron chi connectivity index (χ4n) is 9.75. The third kappa shape index (κ3) is 14.3. The number of amides is 2. The molecule has 77 heavy (non-hydrogen) atoms. The summed E-state index contributed by atoms with van der Waals surface area (Å²) in [5, 5.41) is -0.245. The van der Waals surface area contributed by atoms with Crippen LogP contribution in [0.3, 0.4) is 0 Å². The Balaban J connectivity index is 0.000000224. The lowest BCUT2D eigenvalue weighted by molar-refractivity contribution is 0.0972. The summed E-state index contributed by atoms with van der Waals surface area (Å²) in [6.07, 6.45) is 1.73. The van der Waals surface area contributed by atoms with Crippen molar-refractivity contribution in [1.82, 2.24) is 24.4 Å². The number of carbonyl (C=O) groups is 2. The predicted molar refractivity (Wildman–Crippen MR) is 295 cm³/mol. The molecular weight excluding hydrogens is 1020 g/mol. The van der Waals surface area contributed by atoms with E-state index in [9.17, 15) is 35.2 Å². The minimum atomic E-state index is -4.22. The number of sulfonamides is 2. The number of benzene rings is 3. The summed E-state index contributed by atoms with van der Waals surface area (Å²) in [5.41, 5.74) is 1.95. The van der Waals surface area contributed by atoms with Crippen LogP contribution in [0.4, 0.5) is 20.4 Å². The van der Waals surface area contributed by atoms with Gasteiger partial charge in [-0.25, -0.2) is 41.6 Å². The quantitative estimate of drug-likeness (QED) is 0.0932.